The molecule has 2 N–H and O–H groups in total. The van der Waals surface area contributed by atoms with E-state index < -0.39 is 0 Å². The maximum atomic E-state index is 12.7. The molecule has 10 heteroatoms. The van der Waals surface area contributed by atoms with Crippen LogP contribution in [0.15, 0.2) is 57.1 Å². The Labute approximate surface area is 181 Å². The fourth-order valence-electron chi connectivity index (χ4n) is 2.37. The van der Waals surface area contributed by atoms with E-state index in [0.29, 0.717) is 22.4 Å². The molecule has 2 aromatic heterocycles. The number of nitrogens with zero attached hydrogens (tertiary/aromatic N) is 2. The predicted octanol–water partition coefficient (Wildman–Crippen LogP) is 5.00. The molecule has 0 aliphatic heterocycles. The third-order valence-corrected chi connectivity index (χ3v) is 6.52. The quantitative estimate of drug-likeness (QED) is 0.444. The lowest BCUT2D eigenvalue weighted by Crippen LogP contribution is -2.24. The fraction of sp³-hybridized carbons (Fsp3) is 0.263. The highest BCUT2D eigenvalue weighted by atomic mass is 32.2. The van der Waals surface area contributed by atoms with Gasteiger partial charge < -0.3 is 9.73 Å². The van der Waals surface area contributed by atoms with E-state index in [-0.39, 0.29) is 22.8 Å². The van der Waals surface area contributed by atoms with Gasteiger partial charge in [0.25, 0.3) is 5.91 Å². The first kappa shape index (κ1) is 21.4. The van der Waals surface area contributed by atoms with Gasteiger partial charge in [0.1, 0.15) is 0 Å². The van der Waals surface area contributed by atoms with Gasteiger partial charge in [0.05, 0.1) is 11.5 Å². The molecule has 3 rings (SSSR count). The second-order valence-corrected chi connectivity index (χ2v) is 9.04. The number of benzene rings is 1. The summed E-state index contributed by atoms with van der Waals surface area (Å²) in [7, 11) is 0. The van der Waals surface area contributed by atoms with Crippen molar-refractivity contribution in [2.75, 3.05) is 16.4 Å². The number of aromatic nitrogens is 2. The van der Waals surface area contributed by atoms with Gasteiger partial charge in [-0.3, -0.25) is 14.9 Å². The molecule has 7 nitrogen and oxygen atoms in total. The first-order valence-corrected chi connectivity index (χ1v) is 11.6. The number of amides is 2. The molecule has 2 heterocycles. The van der Waals surface area contributed by atoms with E-state index >= 15 is 0 Å². The van der Waals surface area contributed by atoms with Gasteiger partial charge in [-0.2, -0.15) is 9.36 Å². The lowest BCUT2D eigenvalue weighted by Gasteiger charge is -2.14. The van der Waals surface area contributed by atoms with Crippen LogP contribution >= 0.6 is 35.1 Å². The zero-order chi connectivity index (χ0) is 20.6. The van der Waals surface area contributed by atoms with Crippen molar-refractivity contribution >= 4 is 57.7 Å². The normalized spacial score (nSPS) is 11.8. The van der Waals surface area contributed by atoms with Crippen molar-refractivity contribution in [2.45, 2.75) is 35.6 Å². The number of anilines is 2. The van der Waals surface area contributed by atoms with E-state index in [4.69, 9.17) is 4.42 Å². The highest BCUT2D eigenvalue weighted by molar-refractivity contribution is 8.00. The summed E-state index contributed by atoms with van der Waals surface area (Å²) in [6.45, 7) is 3.98. The number of hydrogen-bond donors (Lipinski definition) is 2. The number of rotatable bonds is 9. The Morgan fingerprint density at radius 1 is 1.21 bits per heavy atom. The maximum absolute atomic E-state index is 12.7. The van der Waals surface area contributed by atoms with E-state index in [2.05, 4.69) is 20.0 Å². The van der Waals surface area contributed by atoms with Gasteiger partial charge in [-0.05, 0) is 42.5 Å². The molecule has 1 unspecified atom stereocenters. The van der Waals surface area contributed by atoms with Crippen molar-refractivity contribution in [2.24, 2.45) is 0 Å². The lowest BCUT2D eigenvalue weighted by molar-refractivity contribution is -0.115. The van der Waals surface area contributed by atoms with Crippen molar-refractivity contribution in [1.82, 2.24) is 9.36 Å². The molecule has 2 amide bonds. The van der Waals surface area contributed by atoms with Gasteiger partial charge in [0, 0.05) is 22.1 Å². The zero-order valence-corrected chi connectivity index (χ0v) is 18.3. The van der Waals surface area contributed by atoms with Crippen LogP contribution in [0.4, 0.5) is 10.8 Å². The van der Waals surface area contributed by atoms with E-state index in [1.54, 1.807) is 18.2 Å². The van der Waals surface area contributed by atoms with Crippen LogP contribution in [-0.2, 0) is 4.79 Å². The highest BCUT2D eigenvalue weighted by Gasteiger charge is 2.20. The molecular weight excluding hydrogens is 428 g/mol. The van der Waals surface area contributed by atoms with Crippen LogP contribution in [-0.4, -0.2) is 32.2 Å². The largest absolute Gasteiger partial charge is 0.459 e. The molecule has 3 aromatic rings. The molecule has 0 aliphatic carbocycles. The molecule has 0 radical (unpaired) electrons. The molecule has 0 saturated carbocycles. The van der Waals surface area contributed by atoms with Gasteiger partial charge in [0.2, 0.25) is 16.2 Å². The Hall–Kier alpha value is -2.30. The summed E-state index contributed by atoms with van der Waals surface area (Å²) >= 11 is 4.15. The van der Waals surface area contributed by atoms with Gasteiger partial charge in [-0.15, -0.1) is 11.8 Å². The number of nitrogens with one attached hydrogen (secondary N) is 2. The van der Waals surface area contributed by atoms with Crippen LogP contribution in [0.3, 0.4) is 0 Å². The molecule has 0 aliphatic rings. The molecule has 0 spiro atoms. The van der Waals surface area contributed by atoms with E-state index in [9.17, 15) is 9.59 Å². The van der Waals surface area contributed by atoms with Gasteiger partial charge in [-0.25, -0.2) is 0 Å². The molecule has 1 aromatic carbocycles. The average molecular weight is 449 g/mol. The van der Waals surface area contributed by atoms with Crippen LogP contribution in [0.1, 0.15) is 30.8 Å². The number of hydrogen-bond acceptors (Lipinski definition) is 8. The summed E-state index contributed by atoms with van der Waals surface area (Å²) in [5.41, 5.74) is 0.636. The monoisotopic (exact) mass is 448 g/mol. The molecular formula is C19H20N4O3S3. The van der Waals surface area contributed by atoms with Crippen molar-refractivity contribution in [3.63, 3.8) is 0 Å². The standard InChI is InChI=1S/C19H20N4O3S3/c1-3-15(17(25)21-18-22-19(23-29-18)27-4-2)28-13-8-5-7-12(11-13)20-16(24)14-9-6-10-26-14/h5-11,15H,3-4H2,1-2H3,(H,20,24)(H,21,22,23,25). The molecule has 152 valence electrons. The van der Waals surface area contributed by atoms with Gasteiger partial charge in [0.15, 0.2) is 5.76 Å². The minimum absolute atomic E-state index is 0.119. The summed E-state index contributed by atoms with van der Waals surface area (Å²) in [6.07, 6.45) is 2.10. The third-order valence-electron chi connectivity index (χ3n) is 3.69. The van der Waals surface area contributed by atoms with Crippen molar-refractivity contribution < 1.29 is 14.0 Å². The first-order valence-electron chi connectivity index (χ1n) is 8.98. The molecule has 0 fully saturated rings. The highest BCUT2D eigenvalue weighted by Crippen LogP contribution is 2.29. The summed E-state index contributed by atoms with van der Waals surface area (Å²) in [4.78, 5) is 30.0. The second-order valence-electron chi connectivity index (χ2n) is 5.78. The second kappa shape index (κ2) is 10.5. The number of furan rings is 1. The third kappa shape index (κ3) is 6.09. The summed E-state index contributed by atoms with van der Waals surface area (Å²) in [6, 6.07) is 10.6. The predicted molar refractivity (Wildman–Crippen MR) is 118 cm³/mol. The summed E-state index contributed by atoms with van der Waals surface area (Å²) in [5, 5.41) is 6.53. The topological polar surface area (TPSA) is 97.1 Å². The van der Waals surface area contributed by atoms with Crippen LogP contribution in [0.2, 0.25) is 0 Å². The van der Waals surface area contributed by atoms with Crippen LogP contribution < -0.4 is 10.6 Å². The van der Waals surface area contributed by atoms with Crippen LogP contribution in [0.5, 0.6) is 0 Å². The molecule has 0 saturated heterocycles. The minimum Gasteiger partial charge on any atom is -0.459 e. The van der Waals surface area contributed by atoms with Crippen molar-refractivity contribution in [3.8, 4) is 0 Å². The van der Waals surface area contributed by atoms with E-state index in [0.717, 1.165) is 10.6 Å². The molecule has 29 heavy (non-hydrogen) atoms. The van der Waals surface area contributed by atoms with Crippen LogP contribution in [0.25, 0.3) is 0 Å². The van der Waals surface area contributed by atoms with Crippen molar-refractivity contribution in [3.05, 3.63) is 48.4 Å². The maximum Gasteiger partial charge on any atom is 0.291 e. The minimum atomic E-state index is -0.320. The van der Waals surface area contributed by atoms with Gasteiger partial charge in [-0.1, -0.05) is 31.7 Å². The van der Waals surface area contributed by atoms with Crippen molar-refractivity contribution in [1.29, 1.82) is 0 Å². The lowest BCUT2D eigenvalue weighted by atomic mass is 10.3. The Kier molecular flexibility index (Phi) is 7.73. The summed E-state index contributed by atoms with van der Waals surface area (Å²) in [5.74, 6) is 0.682. The Bertz CT molecular complexity index is 959. The van der Waals surface area contributed by atoms with E-state index in [1.807, 2.05) is 32.0 Å². The number of thioether (sulfide) groups is 2. The summed E-state index contributed by atoms with van der Waals surface area (Å²) < 4.78 is 9.32. The Balaban J connectivity index is 1.62. The van der Waals surface area contributed by atoms with Gasteiger partial charge >= 0.3 is 0 Å². The van der Waals surface area contributed by atoms with Crippen LogP contribution in [0, 0.1) is 0 Å². The first-order chi connectivity index (χ1) is 14.1. The van der Waals surface area contributed by atoms with E-state index in [1.165, 1.54) is 41.3 Å². The Morgan fingerprint density at radius 3 is 2.79 bits per heavy atom. The SMILES string of the molecule is CCSc1nsc(NC(=O)C(CC)Sc2cccc(NC(=O)c3ccco3)c2)n1. The number of carbonyl (C=O) groups excluding carboxylic acids is 2. The molecule has 1 atom stereocenters. The average Bonchev–Trinajstić information content (AvgIpc) is 3.39. The molecule has 0 bridgehead atoms. The smallest absolute Gasteiger partial charge is 0.291 e. The zero-order valence-electron chi connectivity index (χ0n) is 15.9. The Morgan fingerprint density at radius 2 is 2.07 bits per heavy atom. The fourth-order valence-corrected chi connectivity index (χ4v) is 4.66. The number of carbonyl (C=O) groups is 2.